The van der Waals surface area contributed by atoms with Crippen molar-refractivity contribution in [3.05, 3.63) is 22.6 Å². The van der Waals surface area contributed by atoms with Gasteiger partial charge < -0.3 is 4.90 Å². The minimum atomic E-state index is -0.0100. The SMILES string of the molecule is CCN1CCCC1Cn1ncc(N(C)C)cc1=O. The molecule has 18 heavy (non-hydrogen) atoms. The van der Waals surface area contributed by atoms with E-state index in [0.717, 1.165) is 25.2 Å². The van der Waals surface area contributed by atoms with Crippen LogP contribution in [0.2, 0.25) is 0 Å². The van der Waals surface area contributed by atoms with Crippen molar-refractivity contribution in [2.45, 2.75) is 32.4 Å². The predicted octanol–water partition coefficient (Wildman–Crippen LogP) is 0.794. The van der Waals surface area contributed by atoms with Gasteiger partial charge in [-0.05, 0) is 25.9 Å². The molecule has 0 amide bonds. The van der Waals surface area contributed by atoms with Crippen molar-refractivity contribution in [2.24, 2.45) is 0 Å². The van der Waals surface area contributed by atoms with E-state index in [-0.39, 0.29) is 5.56 Å². The number of likely N-dealkylation sites (N-methyl/N-ethyl adjacent to an activating group) is 1. The van der Waals surface area contributed by atoms with Crippen LogP contribution in [-0.2, 0) is 6.54 Å². The normalized spacial score (nSPS) is 20.3. The Labute approximate surface area is 108 Å². The molecule has 0 spiro atoms. The molecule has 0 radical (unpaired) electrons. The molecule has 100 valence electrons. The lowest BCUT2D eigenvalue weighted by molar-refractivity contribution is 0.235. The summed E-state index contributed by atoms with van der Waals surface area (Å²) in [6, 6.07) is 2.11. The van der Waals surface area contributed by atoms with Crippen LogP contribution in [0.5, 0.6) is 0 Å². The number of aromatic nitrogens is 2. The van der Waals surface area contributed by atoms with Gasteiger partial charge in [-0.2, -0.15) is 5.10 Å². The Kier molecular flexibility index (Phi) is 4.01. The molecule has 1 unspecified atom stereocenters. The molecule has 0 bridgehead atoms. The zero-order valence-corrected chi connectivity index (χ0v) is 11.5. The predicted molar refractivity (Wildman–Crippen MR) is 73.1 cm³/mol. The van der Waals surface area contributed by atoms with E-state index in [9.17, 15) is 4.79 Å². The second kappa shape index (κ2) is 5.52. The summed E-state index contributed by atoms with van der Waals surface area (Å²) in [4.78, 5) is 16.3. The van der Waals surface area contributed by atoms with Gasteiger partial charge in [0, 0.05) is 26.2 Å². The van der Waals surface area contributed by atoms with Gasteiger partial charge in [0.1, 0.15) is 0 Å². The number of hydrogen-bond acceptors (Lipinski definition) is 4. The molecule has 0 N–H and O–H groups in total. The smallest absolute Gasteiger partial charge is 0.268 e. The average molecular weight is 250 g/mol. The molecule has 1 atom stereocenters. The maximum absolute atomic E-state index is 12.0. The van der Waals surface area contributed by atoms with Crippen LogP contribution in [0, 0.1) is 0 Å². The molecule has 0 aromatic carbocycles. The van der Waals surface area contributed by atoms with Gasteiger partial charge in [-0.15, -0.1) is 0 Å². The Morgan fingerprint density at radius 2 is 2.28 bits per heavy atom. The van der Waals surface area contributed by atoms with Crippen molar-refractivity contribution in [2.75, 3.05) is 32.1 Å². The summed E-state index contributed by atoms with van der Waals surface area (Å²) in [5.41, 5.74) is 0.846. The Hall–Kier alpha value is -1.36. The minimum Gasteiger partial charge on any atom is -0.376 e. The Morgan fingerprint density at radius 3 is 2.89 bits per heavy atom. The Bertz CT molecular complexity index is 455. The highest BCUT2D eigenvalue weighted by Gasteiger charge is 2.23. The highest BCUT2D eigenvalue weighted by atomic mass is 16.1. The second-order valence-electron chi connectivity index (χ2n) is 5.05. The monoisotopic (exact) mass is 250 g/mol. The zero-order valence-electron chi connectivity index (χ0n) is 11.5. The molecule has 2 rings (SSSR count). The van der Waals surface area contributed by atoms with Gasteiger partial charge in [-0.1, -0.05) is 6.92 Å². The van der Waals surface area contributed by atoms with E-state index >= 15 is 0 Å². The number of hydrogen-bond donors (Lipinski definition) is 0. The number of rotatable bonds is 4. The first kappa shape index (κ1) is 13.1. The fourth-order valence-electron chi connectivity index (χ4n) is 2.52. The van der Waals surface area contributed by atoms with Crippen molar-refractivity contribution in [1.29, 1.82) is 0 Å². The van der Waals surface area contributed by atoms with E-state index in [0.29, 0.717) is 12.6 Å². The van der Waals surface area contributed by atoms with E-state index in [1.807, 2.05) is 19.0 Å². The first-order valence-electron chi connectivity index (χ1n) is 6.60. The molecule has 1 aromatic rings. The van der Waals surface area contributed by atoms with Crippen molar-refractivity contribution in [1.82, 2.24) is 14.7 Å². The number of nitrogens with zero attached hydrogens (tertiary/aromatic N) is 4. The van der Waals surface area contributed by atoms with Crippen LogP contribution in [0.1, 0.15) is 19.8 Å². The largest absolute Gasteiger partial charge is 0.376 e. The van der Waals surface area contributed by atoms with Crippen LogP contribution in [-0.4, -0.2) is 47.9 Å². The van der Waals surface area contributed by atoms with E-state index in [1.54, 1.807) is 16.9 Å². The Morgan fingerprint density at radius 1 is 1.50 bits per heavy atom. The van der Waals surface area contributed by atoms with Crippen LogP contribution < -0.4 is 10.5 Å². The van der Waals surface area contributed by atoms with Crippen molar-refractivity contribution in [3.8, 4) is 0 Å². The quantitative estimate of drug-likeness (QED) is 0.792. The Balaban J connectivity index is 2.12. The van der Waals surface area contributed by atoms with Crippen LogP contribution in [0.15, 0.2) is 17.1 Å². The van der Waals surface area contributed by atoms with Gasteiger partial charge in [0.2, 0.25) is 0 Å². The lowest BCUT2D eigenvalue weighted by atomic mass is 10.2. The summed E-state index contributed by atoms with van der Waals surface area (Å²) in [6.07, 6.45) is 4.15. The maximum Gasteiger partial charge on any atom is 0.268 e. The lowest BCUT2D eigenvalue weighted by Crippen LogP contribution is -2.37. The minimum absolute atomic E-state index is 0.0100. The molecule has 5 heteroatoms. The van der Waals surface area contributed by atoms with Crippen LogP contribution in [0.25, 0.3) is 0 Å². The highest BCUT2D eigenvalue weighted by molar-refractivity contribution is 5.40. The van der Waals surface area contributed by atoms with Gasteiger partial charge in [0.15, 0.2) is 0 Å². The topological polar surface area (TPSA) is 41.4 Å². The number of likely N-dealkylation sites (tertiary alicyclic amines) is 1. The summed E-state index contributed by atoms with van der Waals surface area (Å²) >= 11 is 0. The molecule has 5 nitrogen and oxygen atoms in total. The van der Waals surface area contributed by atoms with Crippen LogP contribution in [0.3, 0.4) is 0 Å². The fourth-order valence-corrected chi connectivity index (χ4v) is 2.52. The third-order valence-electron chi connectivity index (χ3n) is 3.66. The van der Waals surface area contributed by atoms with Crippen LogP contribution >= 0.6 is 0 Å². The van der Waals surface area contributed by atoms with Gasteiger partial charge >= 0.3 is 0 Å². The summed E-state index contributed by atoms with van der Waals surface area (Å²) in [5, 5.41) is 4.27. The summed E-state index contributed by atoms with van der Waals surface area (Å²) in [6.45, 7) is 5.07. The van der Waals surface area contributed by atoms with Crippen molar-refractivity contribution < 1.29 is 0 Å². The number of anilines is 1. The molecule has 1 aliphatic heterocycles. The average Bonchev–Trinajstić information content (AvgIpc) is 2.78. The molecule has 1 saturated heterocycles. The highest BCUT2D eigenvalue weighted by Crippen LogP contribution is 2.17. The first-order valence-corrected chi connectivity index (χ1v) is 6.60. The van der Waals surface area contributed by atoms with Gasteiger partial charge in [-0.25, -0.2) is 4.68 Å². The van der Waals surface area contributed by atoms with Gasteiger partial charge in [0.25, 0.3) is 5.56 Å². The zero-order chi connectivity index (χ0) is 13.1. The maximum atomic E-state index is 12.0. The van der Waals surface area contributed by atoms with E-state index < -0.39 is 0 Å². The van der Waals surface area contributed by atoms with E-state index in [1.165, 1.54) is 6.42 Å². The van der Waals surface area contributed by atoms with Crippen molar-refractivity contribution in [3.63, 3.8) is 0 Å². The molecular formula is C13H22N4O. The molecule has 0 saturated carbocycles. The molecule has 1 aromatic heterocycles. The van der Waals surface area contributed by atoms with Crippen molar-refractivity contribution >= 4 is 5.69 Å². The molecule has 2 heterocycles. The lowest BCUT2D eigenvalue weighted by Gasteiger charge is -2.23. The third-order valence-corrected chi connectivity index (χ3v) is 3.66. The summed E-state index contributed by atoms with van der Waals surface area (Å²) < 4.78 is 1.59. The fraction of sp³-hybridized carbons (Fsp3) is 0.692. The molecule has 1 aliphatic rings. The molecular weight excluding hydrogens is 228 g/mol. The van der Waals surface area contributed by atoms with Crippen LogP contribution in [0.4, 0.5) is 5.69 Å². The second-order valence-corrected chi connectivity index (χ2v) is 5.05. The van der Waals surface area contributed by atoms with Gasteiger partial charge in [-0.3, -0.25) is 9.69 Å². The van der Waals surface area contributed by atoms with E-state index in [2.05, 4.69) is 16.9 Å². The van der Waals surface area contributed by atoms with E-state index in [4.69, 9.17) is 0 Å². The molecule has 0 aliphatic carbocycles. The standard InChI is InChI=1S/C13H22N4O/c1-4-16-7-5-6-11(16)10-17-13(18)8-12(9-14-17)15(2)3/h8-9,11H,4-7,10H2,1-3H3. The third kappa shape index (κ3) is 2.72. The molecule has 1 fully saturated rings. The summed E-state index contributed by atoms with van der Waals surface area (Å²) in [5.74, 6) is 0. The van der Waals surface area contributed by atoms with Gasteiger partial charge in [0.05, 0.1) is 18.4 Å². The summed E-state index contributed by atoms with van der Waals surface area (Å²) in [7, 11) is 3.83. The first-order chi connectivity index (χ1) is 8.61.